The van der Waals surface area contributed by atoms with Gasteiger partial charge >= 0.3 is 0 Å². The molecule has 6 nitrogen and oxygen atoms in total. The molecule has 2 aromatic rings. The van der Waals surface area contributed by atoms with Gasteiger partial charge in [0.15, 0.2) is 0 Å². The lowest BCUT2D eigenvalue weighted by atomic mass is 10.1. The van der Waals surface area contributed by atoms with E-state index < -0.39 is 6.10 Å². The standard InChI is InChI=1S/C13H17BrN4O2/c1-4-8-13(14)10(18(2)17-8)7-11(19)9-5-6-12(20-3)16-15-9/h5-6,11,19H,4,7H2,1-3H3. The summed E-state index contributed by atoms with van der Waals surface area (Å²) in [6, 6.07) is 3.39. The van der Waals surface area contributed by atoms with Crippen LogP contribution in [0.25, 0.3) is 0 Å². The van der Waals surface area contributed by atoms with Gasteiger partial charge in [-0.15, -0.1) is 10.2 Å². The molecular weight excluding hydrogens is 324 g/mol. The molecule has 0 aliphatic rings. The Hall–Kier alpha value is -1.47. The van der Waals surface area contributed by atoms with E-state index in [9.17, 15) is 5.11 Å². The molecule has 0 bridgehead atoms. The maximum Gasteiger partial charge on any atom is 0.233 e. The minimum atomic E-state index is -0.732. The second-order valence-electron chi connectivity index (χ2n) is 4.41. The molecule has 0 spiro atoms. The van der Waals surface area contributed by atoms with Crippen LogP contribution in [0.3, 0.4) is 0 Å². The van der Waals surface area contributed by atoms with Crippen LogP contribution in [-0.4, -0.2) is 32.2 Å². The molecule has 0 radical (unpaired) electrons. The van der Waals surface area contributed by atoms with Crippen LogP contribution in [0.4, 0.5) is 0 Å². The van der Waals surface area contributed by atoms with Gasteiger partial charge in [0, 0.05) is 19.5 Å². The normalized spacial score (nSPS) is 12.4. The number of rotatable bonds is 5. The van der Waals surface area contributed by atoms with Gasteiger partial charge in [-0.1, -0.05) is 6.92 Å². The first-order valence-electron chi connectivity index (χ1n) is 6.32. The topological polar surface area (TPSA) is 73.1 Å². The van der Waals surface area contributed by atoms with Crippen molar-refractivity contribution in [2.75, 3.05) is 7.11 Å². The average molecular weight is 341 g/mol. The molecule has 2 rings (SSSR count). The van der Waals surface area contributed by atoms with Crippen molar-refractivity contribution in [3.05, 3.63) is 33.7 Å². The lowest BCUT2D eigenvalue weighted by Crippen LogP contribution is -2.09. The zero-order chi connectivity index (χ0) is 14.7. The number of hydrogen-bond donors (Lipinski definition) is 1. The second kappa shape index (κ2) is 6.32. The van der Waals surface area contributed by atoms with Crippen LogP contribution in [0.5, 0.6) is 5.88 Å². The predicted molar refractivity (Wildman–Crippen MR) is 77.5 cm³/mol. The number of aryl methyl sites for hydroxylation is 2. The highest BCUT2D eigenvalue weighted by Gasteiger charge is 2.18. The van der Waals surface area contributed by atoms with E-state index in [1.54, 1.807) is 16.8 Å². The first-order valence-corrected chi connectivity index (χ1v) is 7.12. The van der Waals surface area contributed by atoms with Crippen molar-refractivity contribution in [2.45, 2.75) is 25.9 Å². The Bertz CT molecular complexity index is 583. The van der Waals surface area contributed by atoms with E-state index in [2.05, 4.69) is 31.2 Å². The molecule has 1 atom stereocenters. The third kappa shape index (κ3) is 2.99. The zero-order valence-electron chi connectivity index (χ0n) is 11.7. The van der Waals surface area contributed by atoms with E-state index in [0.29, 0.717) is 18.0 Å². The molecule has 0 saturated heterocycles. The Kier molecular flexibility index (Phi) is 4.72. The Morgan fingerprint density at radius 3 is 2.65 bits per heavy atom. The van der Waals surface area contributed by atoms with Crippen molar-refractivity contribution in [1.29, 1.82) is 0 Å². The number of ether oxygens (including phenoxy) is 1. The minimum absolute atomic E-state index is 0.422. The molecule has 7 heteroatoms. The van der Waals surface area contributed by atoms with E-state index in [1.807, 2.05) is 14.0 Å². The molecule has 1 unspecified atom stereocenters. The number of nitrogens with zero attached hydrogens (tertiary/aromatic N) is 4. The van der Waals surface area contributed by atoms with Gasteiger partial charge < -0.3 is 9.84 Å². The molecule has 0 saturated carbocycles. The maximum absolute atomic E-state index is 10.3. The van der Waals surface area contributed by atoms with E-state index in [-0.39, 0.29) is 0 Å². The monoisotopic (exact) mass is 340 g/mol. The molecule has 0 aromatic carbocycles. The fraction of sp³-hybridized carbons (Fsp3) is 0.462. The minimum Gasteiger partial charge on any atom is -0.480 e. The van der Waals surface area contributed by atoms with Gasteiger partial charge in [0.05, 0.1) is 28.7 Å². The summed E-state index contributed by atoms with van der Waals surface area (Å²) in [5, 5.41) is 22.5. The smallest absolute Gasteiger partial charge is 0.233 e. The third-order valence-electron chi connectivity index (χ3n) is 3.10. The van der Waals surface area contributed by atoms with Crippen LogP contribution in [0.1, 0.15) is 30.1 Å². The molecule has 0 aliphatic heterocycles. The van der Waals surface area contributed by atoms with Gasteiger partial charge in [-0.05, 0) is 28.4 Å². The Balaban J connectivity index is 2.18. The largest absolute Gasteiger partial charge is 0.480 e. The summed E-state index contributed by atoms with van der Waals surface area (Å²) in [6.07, 6.45) is 0.530. The SMILES string of the molecule is CCc1nn(C)c(CC(O)c2ccc(OC)nn2)c1Br. The average Bonchev–Trinajstić information content (AvgIpc) is 2.74. The van der Waals surface area contributed by atoms with Crippen LogP contribution >= 0.6 is 15.9 Å². The number of hydrogen-bond acceptors (Lipinski definition) is 5. The highest BCUT2D eigenvalue weighted by atomic mass is 79.9. The highest BCUT2D eigenvalue weighted by molar-refractivity contribution is 9.10. The summed E-state index contributed by atoms with van der Waals surface area (Å²) in [5.41, 5.74) is 2.43. The number of aromatic nitrogens is 4. The summed E-state index contributed by atoms with van der Waals surface area (Å²) < 4.78 is 7.67. The van der Waals surface area contributed by atoms with E-state index >= 15 is 0 Å². The molecule has 2 aromatic heterocycles. The van der Waals surface area contributed by atoms with Crippen molar-refractivity contribution in [3.63, 3.8) is 0 Å². The van der Waals surface area contributed by atoms with Crippen LogP contribution < -0.4 is 4.74 Å². The van der Waals surface area contributed by atoms with Crippen molar-refractivity contribution < 1.29 is 9.84 Å². The first kappa shape index (κ1) is 14.9. The Morgan fingerprint density at radius 2 is 2.15 bits per heavy atom. The molecule has 0 fully saturated rings. The van der Waals surface area contributed by atoms with Gasteiger partial charge in [0.25, 0.3) is 0 Å². The summed E-state index contributed by atoms with van der Waals surface area (Å²) in [6.45, 7) is 2.04. The second-order valence-corrected chi connectivity index (χ2v) is 5.20. The fourth-order valence-corrected chi connectivity index (χ4v) is 2.72. The summed E-state index contributed by atoms with van der Waals surface area (Å²) in [4.78, 5) is 0. The van der Waals surface area contributed by atoms with Gasteiger partial charge in [-0.2, -0.15) is 5.10 Å². The molecule has 20 heavy (non-hydrogen) atoms. The lowest BCUT2D eigenvalue weighted by Gasteiger charge is -2.10. The van der Waals surface area contributed by atoms with E-state index in [1.165, 1.54) is 7.11 Å². The molecule has 0 amide bonds. The number of halogens is 1. The molecular formula is C13H17BrN4O2. The zero-order valence-corrected chi connectivity index (χ0v) is 13.3. The molecule has 1 N–H and O–H groups in total. The maximum atomic E-state index is 10.3. The number of aliphatic hydroxyl groups is 1. The van der Waals surface area contributed by atoms with Crippen molar-refractivity contribution in [2.24, 2.45) is 7.05 Å². The van der Waals surface area contributed by atoms with Crippen molar-refractivity contribution >= 4 is 15.9 Å². The molecule has 0 aliphatic carbocycles. The summed E-state index contributed by atoms with van der Waals surface area (Å²) in [7, 11) is 3.39. The van der Waals surface area contributed by atoms with Gasteiger partial charge in [0.2, 0.25) is 5.88 Å². The lowest BCUT2D eigenvalue weighted by molar-refractivity contribution is 0.169. The van der Waals surface area contributed by atoms with Crippen molar-refractivity contribution in [1.82, 2.24) is 20.0 Å². The quantitative estimate of drug-likeness (QED) is 0.898. The van der Waals surface area contributed by atoms with Gasteiger partial charge in [-0.25, -0.2) is 0 Å². The predicted octanol–water partition coefficient (Wildman–Crippen LogP) is 1.82. The van der Waals surface area contributed by atoms with E-state index in [4.69, 9.17) is 4.74 Å². The third-order valence-corrected chi connectivity index (χ3v) is 4.02. The van der Waals surface area contributed by atoms with Crippen LogP contribution in [0.15, 0.2) is 16.6 Å². The number of methoxy groups -OCH3 is 1. The van der Waals surface area contributed by atoms with Crippen molar-refractivity contribution in [3.8, 4) is 5.88 Å². The summed E-state index contributed by atoms with van der Waals surface area (Å²) in [5.74, 6) is 0.427. The molecule has 2 heterocycles. The van der Waals surface area contributed by atoms with Crippen LogP contribution in [-0.2, 0) is 19.9 Å². The van der Waals surface area contributed by atoms with Crippen LogP contribution in [0, 0.1) is 0 Å². The summed E-state index contributed by atoms with van der Waals surface area (Å²) >= 11 is 3.54. The van der Waals surface area contributed by atoms with Gasteiger partial charge in [-0.3, -0.25) is 4.68 Å². The van der Waals surface area contributed by atoms with Crippen LogP contribution in [0.2, 0.25) is 0 Å². The molecule has 108 valence electrons. The fourth-order valence-electron chi connectivity index (χ4n) is 1.95. The Labute approximate surface area is 125 Å². The van der Waals surface area contributed by atoms with Gasteiger partial charge in [0.1, 0.15) is 6.10 Å². The number of aliphatic hydroxyl groups excluding tert-OH is 1. The van der Waals surface area contributed by atoms with E-state index in [0.717, 1.165) is 22.3 Å². The first-order chi connectivity index (χ1) is 9.56. The Morgan fingerprint density at radius 1 is 1.40 bits per heavy atom. The highest BCUT2D eigenvalue weighted by Crippen LogP contribution is 2.26.